The van der Waals surface area contributed by atoms with E-state index in [1.165, 1.54) is 45.2 Å². The summed E-state index contributed by atoms with van der Waals surface area (Å²) in [5.74, 6) is 0.963. The van der Waals surface area contributed by atoms with Crippen molar-refractivity contribution in [2.45, 2.75) is 44.2 Å². The molecule has 0 spiro atoms. The van der Waals surface area contributed by atoms with Crippen molar-refractivity contribution in [2.75, 3.05) is 26.2 Å². The zero-order chi connectivity index (χ0) is 14.5. The third-order valence-corrected chi connectivity index (χ3v) is 4.92. The molecule has 0 radical (unpaired) electrons. The van der Waals surface area contributed by atoms with Crippen molar-refractivity contribution in [3.8, 4) is 5.75 Å². The lowest BCUT2D eigenvalue weighted by molar-refractivity contribution is 0.176. The van der Waals surface area contributed by atoms with Gasteiger partial charge in [-0.05, 0) is 56.5 Å². The van der Waals surface area contributed by atoms with Crippen molar-refractivity contribution in [3.63, 3.8) is 0 Å². The zero-order valence-corrected chi connectivity index (χ0v) is 14.1. The van der Waals surface area contributed by atoms with Crippen molar-refractivity contribution < 1.29 is 4.74 Å². The van der Waals surface area contributed by atoms with Gasteiger partial charge in [0, 0.05) is 29.6 Å². The van der Waals surface area contributed by atoms with Crippen LogP contribution in [-0.2, 0) is 0 Å². The minimum absolute atomic E-state index is 0.687. The first-order valence-electron chi connectivity index (χ1n) is 8.17. The Hall–Kier alpha value is -0.580. The molecule has 3 nitrogen and oxygen atoms in total. The van der Waals surface area contributed by atoms with Gasteiger partial charge < -0.3 is 10.1 Å². The van der Waals surface area contributed by atoms with Gasteiger partial charge in [-0.1, -0.05) is 22.4 Å². The maximum atomic E-state index is 5.88. The van der Waals surface area contributed by atoms with Gasteiger partial charge in [0.05, 0.1) is 0 Å². The molecule has 1 aliphatic carbocycles. The smallest absolute Gasteiger partial charge is 0.119 e. The molecule has 21 heavy (non-hydrogen) atoms. The standard InChI is InChI=1S/C17H25BrN2O/c18-14-4-8-17(9-5-14)21-12-11-20(16-6-7-16)13-15-3-1-2-10-19-15/h4-5,8-9,15-16,19H,1-3,6-7,10-13H2. The minimum atomic E-state index is 0.687. The molecule has 1 aromatic rings. The van der Waals surface area contributed by atoms with Crippen molar-refractivity contribution >= 4 is 15.9 Å². The molecule has 4 heteroatoms. The van der Waals surface area contributed by atoms with Crippen LogP contribution in [-0.4, -0.2) is 43.2 Å². The summed E-state index contributed by atoms with van der Waals surface area (Å²) >= 11 is 3.45. The predicted molar refractivity (Wildman–Crippen MR) is 89.9 cm³/mol. The van der Waals surface area contributed by atoms with Gasteiger partial charge in [-0.3, -0.25) is 4.90 Å². The van der Waals surface area contributed by atoms with Crippen LogP contribution in [0.1, 0.15) is 32.1 Å². The fourth-order valence-electron chi connectivity index (χ4n) is 3.04. The van der Waals surface area contributed by atoms with E-state index in [9.17, 15) is 0 Å². The van der Waals surface area contributed by atoms with E-state index in [0.717, 1.165) is 29.4 Å². The van der Waals surface area contributed by atoms with Crippen LogP contribution in [0.2, 0.25) is 0 Å². The van der Waals surface area contributed by atoms with Crippen LogP contribution < -0.4 is 10.1 Å². The molecule has 1 heterocycles. The first-order chi connectivity index (χ1) is 10.3. The molecule has 1 aromatic carbocycles. The van der Waals surface area contributed by atoms with Crippen LogP contribution in [0.3, 0.4) is 0 Å². The quantitative estimate of drug-likeness (QED) is 0.813. The van der Waals surface area contributed by atoms with Gasteiger partial charge in [-0.2, -0.15) is 0 Å². The summed E-state index contributed by atoms with van der Waals surface area (Å²) in [6, 6.07) is 9.59. The Balaban J connectivity index is 1.43. The number of nitrogens with one attached hydrogen (secondary N) is 1. The molecule has 1 saturated heterocycles. The lowest BCUT2D eigenvalue weighted by Gasteiger charge is -2.30. The van der Waals surface area contributed by atoms with E-state index in [-0.39, 0.29) is 0 Å². The van der Waals surface area contributed by atoms with E-state index in [2.05, 4.69) is 26.1 Å². The molecule has 2 aliphatic rings. The minimum Gasteiger partial charge on any atom is -0.492 e. The summed E-state index contributed by atoms with van der Waals surface area (Å²) in [5, 5.41) is 3.66. The molecule has 0 bridgehead atoms. The molecule has 2 fully saturated rings. The molecule has 0 aromatic heterocycles. The summed E-state index contributed by atoms with van der Waals surface area (Å²) in [6.07, 6.45) is 6.78. The molecular weight excluding hydrogens is 328 g/mol. The molecule has 116 valence electrons. The molecule has 1 aliphatic heterocycles. The highest BCUT2D eigenvalue weighted by Gasteiger charge is 2.30. The Bertz CT molecular complexity index is 427. The van der Waals surface area contributed by atoms with Gasteiger partial charge in [0.15, 0.2) is 0 Å². The Morgan fingerprint density at radius 3 is 2.62 bits per heavy atom. The molecular formula is C17H25BrN2O. The zero-order valence-electron chi connectivity index (χ0n) is 12.6. The number of piperidine rings is 1. The Labute approximate surface area is 136 Å². The summed E-state index contributed by atoms with van der Waals surface area (Å²) in [7, 11) is 0. The molecule has 1 saturated carbocycles. The molecule has 1 unspecified atom stereocenters. The topological polar surface area (TPSA) is 24.5 Å². The van der Waals surface area contributed by atoms with Gasteiger partial charge in [0.2, 0.25) is 0 Å². The van der Waals surface area contributed by atoms with Crippen molar-refractivity contribution in [1.29, 1.82) is 0 Å². The van der Waals surface area contributed by atoms with E-state index >= 15 is 0 Å². The van der Waals surface area contributed by atoms with E-state index in [0.29, 0.717) is 6.04 Å². The number of nitrogens with zero attached hydrogens (tertiary/aromatic N) is 1. The second-order valence-corrected chi connectivity index (χ2v) is 7.09. The van der Waals surface area contributed by atoms with Crippen LogP contribution in [0.4, 0.5) is 0 Å². The SMILES string of the molecule is Brc1ccc(OCCN(CC2CCCCN2)C2CC2)cc1. The molecule has 3 rings (SSSR count). The maximum Gasteiger partial charge on any atom is 0.119 e. The normalized spacial score (nSPS) is 22.5. The summed E-state index contributed by atoms with van der Waals surface area (Å²) in [4.78, 5) is 2.63. The van der Waals surface area contributed by atoms with Gasteiger partial charge in [-0.15, -0.1) is 0 Å². The van der Waals surface area contributed by atoms with Crippen LogP contribution in [0.15, 0.2) is 28.7 Å². The van der Waals surface area contributed by atoms with Crippen LogP contribution >= 0.6 is 15.9 Å². The first-order valence-corrected chi connectivity index (χ1v) is 8.96. The van der Waals surface area contributed by atoms with Gasteiger partial charge in [0.25, 0.3) is 0 Å². The average molecular weight is 353 g/mol. The van der Waals surface area contributed by atoms with E-state index in [1.807, 2.05) is 24.3 Å². The highest BCUT2D eigenvalue weighted by Crippen LogP contribution is 2.27. The average Bonchev–Trinajstić information content (AvgIpc) is 3.34. The summed E-state index contributed by atoms with van der Waals surface area (Å²) < 4.78 is 6.97. The summed E-state index contributed by atoms with van der Waals surface area (Å²) in [6.45, 7) is 4.21. The lowest BCUT2D eigenvalue weighted by Crippen LogP contribution is -2.45. The van der Waals surface area contributed by atoms with Crippen LogP contribution in [0.5, 0.6) is 5.75 Å². The van der Waals surface area contributed by atoms with E-state index in [1.54, 1.807) is 0 Å². The number of hydrogen-bond donors (Lipinski definition) is 1. The van der Waals surface area contributed by atoms with Crippen molar-refractivity contribution in [1.82, 2.24) is 10.2 Å². The molecule has 0 amide bonds. The molecule has 1 atom stereocenters. The van der Waals surface area contributed by atoms with Gasteiger partial charge in [-0.25, -0.2) is 0 Å². The Kier molecular flexibility index (Phi) is 5.55. The van der Waals surface area contributed by atoms with E-state index < -0.39 is 0 Å². The van der Waals surface area contributed by atoms with Gasteiger partial charge >= 0.3 is 0 Å². The maximum absolute atomic E-state index is 5.88. The monoisotopic (exact) mass is 352 g/mol. The Morgan fingerprint density at radius 2 is 1.95 bits per heavy atom. The number of ether oxygens (including phenoxy) is 1. The molecule has 1 N–H and O–H groups in total. The van der Waals surface area contributed by atoms with Crippen molar-refractivity contribution in [3.05, 3.63) is 28.7 Å². The Morgan fingerprint density at radius 1 is 1.14 bits per heavy atom. The first kappa shape index (κ1) is 15.3. The van der Waals surface area contributed by atoms with E-state index in [4.69, 9.17) is 4.74 Å². The van der Waals surface area contributed by atoms with Crippen LogP contribution in [0, 0.1) is 0 Å². The third kappa shape index (κ3) is 4.97. The number of benzene rings is 1. The fraction of sp³-hybridized carbons (Fsp3) is 0.647. The lowest BCUT2D eigenvalue weighted by atomic mass is 10.0. The number of halogens is 1. The third-order valence-electron chi connectivity index (χ3n) is 4.39. The number of hydrogen-bond acceptors (Lipinski definition) is 3. The van der Waals surface area contributed by atoms with Crippen molar-refractivity contribution in [2.24, 2.45) is 0 Å². The highest BCUT2D eigenvalue weighted by atomic mass is 79.9. The fourth-order valence-corrected chi connectivity index (χ4v) is 3.30. The summed E-state index contributed by atoms with van der Waals surface area (Å²) in [5.41, 5.74) is 0. The van der Waals surface area contributed by atoms with Crippen LogP contribution in [0.25, 0.3) is 0 Å². The number of rotatable bonds is 7. The highest BCUT2D eigenvalue weighted by molar-refractivity contribution is 9.10. The predicted octanol–water partition coefficient (Wildman–Crippen LogP) is 3.43. The second-order valence-electron chi connectivity index (χ2n) is 6.18. The van der Waals surface area contributed by atoms with Gasteiger partial charge in [0.1, 0.15) is 12.4 Å². The largest absolute Gasteiger partial charge is 0.492 e. The second kappa shape index (κ2) is 7.61.